The summed E-state index contributed by atoms with van der Waals surface area (Å²) < 4.78 is 0. The first-order valence-electron chi connectivity index (χ1n) is 7.48. The first-order valence-corrected chi connectivity index (χ1v) is 7.48. The maximum absolute atomic E-state index is 8.36. The Labute approximate surface area is 118 Å². The Bertz CT molecular complexity index is 184. The fourth-order valence-corrected chi connectivity index (χ4v) is 1.92. The average Bonchev–Trinajstić information content (AvgIpc) is 2.30. The molecule has 116 valence electrons. The summed E-state index contributed by atoms with van der Waals surface area (Å²) in [4.78, 5) is 10.6. The van der Waals surface area contributed by atoms with Crippen molar-refractivity contribution in [2.75, 3.05) is 20.6 Å². The lowest BCUT2D eigenvalue weighted by Gasteiger charge is -2.08. The number of hydrogen-bond acceptors (Lipinski definition) is 3. The van der Waals surface area contributed by atoms with Gasteiger partial charge in [-0.2, -0.15) is 0 Å². The lowest BCUT2D eigenvalue weighted by molar-refractivity contribution is -0.742. The monoisotopic (exact) mass is 276 g/mol. The van der Waals surface area contributed by atoms with Crippen molar-refractivity contribution in [1.82, 2.24) is 4.90 Å². The summed E-state index contributed by atoms with van der Waals surface area (Å²) >= 11 is 0. The highest BCUT2D eigenvalue weighted by Crippen LogP contribution is 2.10. The van der Waals surface area contributed by atoms with Crippen LogP contribution in [0.3, 0.4) is 0 Å². The van der Waals surface area contributed by atoms with Gasteiger partial charge in [-0.25, -0.2) is 0 Å². The molecule has 0 aliphatic carbocycles. The van der Waals surface area contributed by atoms with Crippen molar-refractivity contribution < 1.29 is 10.3 Å². The summed E-state index contributed by atoms with van der Waals surface area (Å²) in [6.07, 6.45) is 14.4. The molecule has 0 spiro atoms. The zero-order valence-corrected chi connectivity index (χ0v) is 12.9. The SMILES string of the molecule is CCCCCCCCCCCCN(C)C.O=[N+]([O-])O. The molecule has 0 bridgehead atoms. The van der Waals surface area contributed by atoms with Crippen LogP contribution < -0.4 is 0 Å². The quantitative estimate of drug-likeness (QED) is 0.350. The van der Waals surface area contributed by atoms with Gasteiger partial charge in [0, 0.05) is 0 Å². The Morgan fingerprint density at radius 1 is 0.895 bits per heavy atom. The van der Waals surface area contributed by atoms with E-state index in [4.69, 9.17) is 15.3 Å². The average molecular weight is 276 g/mol. The lowest BCUT2D eigenvalue weighted by atomic mass is 10.1. The normalized spacial score (nSPS) is 10.1. The molecule has 5 nitrogen and oxygen atoms in total. The molecular weight excluding hydrogens is 244 g/mol. The number of rotatable bonds is 11. The zero-order chi connectivity index (χ0) is 14.9. The van der Waals surface area contributed by atoms with E-state index < -0.39 is 5.09 Å². The first-order chi connectivity index (χ1) is 9.00. The molecule has 0 rings (SSSR count). The van der Waals surface area contributed by atoms with E-state index in [1.165, 1.54) is 70.8 Å². The van der Waals surface area contributed by atoms with E-state index in [2.05, 4.69) is 25.9 Å². The van der Waals surface area contributed by atoms with Crippen LogP contribution in [0.4, 0.5) is 0 Å². The van der Waals surface area contributed by atoms with Crippen LogP contribution in [-0.4, -0.2) is 35.8 Å². The van der Waals surface area contributed by atoms with Gasteiger partial charge in [-0.1, -0.05) is 64.7 Å². The Kier molecular flexibility index (Phi) is 18.5. The number of hydrogen-bond donors (Lipinski definition) is 1. The Morgan fingerprint density at radius 2 is 1.21 bits per heavy atom. The molecule has 19 heavy (non-hydrogen) atoms. The van der Waals surface area contributed by atoms with Gasteiger partial charge in [0.05, 0.1) is 0 Å². The Hall–Kier alpha value is -0.840. The second kappa shape index (κ2) is 17.2. The Morgan fingerprint density at radius 3 is 1.53 bits per heavy atom. The fraction of sp³-hybridized carbons (Fsp3) is 1.00. The predicted molar refractivity (Wildman–Crippen MR) is 79.2 cm³/mol. The van der Waals surface area contributed by atoms with E-state index in [1.54, 1.807) is 0 Å². The van der Waals surface area contributed by atoms with E-state index in [9.17, 15) is 0 Å². The highest BCUT2D eigenvalue weighted by atomic mass is 16.9. The Balaban J connectivity index is 0. The smallest absolute Gasteiger partial charge is 0.291 e. The summed E-state index contributed by atoms with van der Waals surface area (Å²) in [6, 6.07) is 0. The molecule has 0 aliphatic heterocycles. The second-order valence-corrected chi connectivity index (χ2v) is 5.22. The van der Waals surface area contributed by atoms with Gasteiger partial charge in [-0.05, 0) is 27.1 Å². The standard InChI is InChI=1S/C14H31N.HNO3/c1-4-5-6-7-8-9-10-11-12-13-14-15(2)3;2-1(3)4/h4-14H2,1-3H3;(H,2,3,4). The topological polar surface area (TPSA) is 66.6 Å². The molecule has 1 N–H and O–H groups in total. The van der Waals surface area contributed by atoms with Crippen molar-refractivity contribution in [2.24, 2.45) is 0 Å². The molecule has 0 aliphatic rings. The second-order valence-electron chi connectivity index (χ2n) is 5.22. The molecule has 0 fully saturated rings. The van der Waals surface area contributed by atoms with Crippen molar-refractivity contribution in [3.63, 3.8) is 0 Å². The van der Waals surface area contributed by atoms with E-state index >= 15 is 0 Å². The number of unbranched alkanes of at least 4 members (excludes halogenated alkanes) is 9. The third-order valence-electron chi connectivity index (χ3n) is 2.96. The summed E-state index contributed by atoms with van der Waals surface area (Å²) in [5.74, 6) is 0. The van der Waals surface area contributed by atoms with Gasteiger partial charge in [0.1, 0.15) is 0 Å². The molecule has 0 aromatic rings. The third kappa shape index (κ3) is 31.7. The summed E-state index contributed by atoms with van der Waals surface area (Å²) in [5, 5.41) is 13.6. The molecule has 0 atom stereocenters. The molecule has 0 aromatic heterocycles. The van der Waals surface area contributed by atoms with E-state index in [0.29, 0.717) is 0 Å². The molecule has 0 heterocycles. The number of nitrogens with zero attached hydrogens (tertiary/aromatic N) is 2. The van der Waals surface area contributed by atoms with Crippen molar-refractivity contribution in [2.45, 2.75) is 71.1 Å². The highest BCUT2D eigenvalue weighted by Gasteiger charge is 1.93. The minimum atomic E-state index is -1.50. The van der Waals surface area contributed by atoms with Crippen LogP contribution in [0, 0.1) is 10.1 Å². The largest absolute Gasteiger partial charge is 0.328 e. The summed E-state index contributed by atoms with van der Waals surface area (Å²) in [6.45, 7) is 3.54. The van der Waals surface area contributed by atoms with Crippen molar-refractivity contribution >= 4 is 0 Å². The summed E-state index contributed by atoms with van der Waals surface area (Å²) in [5.41, 5.74) is 0. The van der Waals surface area contributed by atoms with Crippen LogP contribution in [0.5, 0.6) is 0 Å². The molecular formula is C14H32N2O3. The predicted octanol–water partition coefficient (Wildman–Crippen LogP) is 4.12. The van der Waals surface area contributed by atoms with Crippen LogP contribution >= 0.6 is 0 Å². The van der Waals surface area contributed by atoms with Crippen molar-refractivity contribution in [3.05, 3.63) is 10.1 Å². The highest BCUT2D eigenvalue weighted by molar-refractivity contribution is 4.49. The summed E-state index contributed by atoms with van der Waals surface area (Å²) in [7, 11) is 4.32. The maximum atomic E-state index is 8.36. The van der Waals surface area contributed by atoms with Crippen LogP contribution in [0.25, 0.3) is 0 Å². The lowest BCUT2D eigenvalue weighted by Crippen LogP contribution is -2.12. The molecule has 0 aromatic carbocycles. The van der Waals surface area contributed by atoms with Gasteiger partial charge in [0.15, 0.2) is 0 Å². The molecule has 0 radical (unpaired) electrons. The molecule has 5 heteroatoms. The maximum Gasteiger partial charge on any atom is 0.291 e. The van der Waals surface area contributed by atoms with Gasteiger partial charge in [-0.3, -0.25) is 0 Å². The van der Waals surface area contributed by atoms with Gasteiger partial charge in [-0.15, -0.1) is 10.1 Å². The van der Waals surface area contributed by atoms with E-state index in [1.807, 2.05) is 0 Å². The van der Waals surface area contributed by atoms with E-state index in [0.717, 1.165) is 0 Å². The van der Waals surface area contributed by atoms with Gasteiger partial charge >= 0.3 is 0 Å². The van der Waals surface area contributed by atoms with Crippen LogP contribution in [0.15, 0.2) is 0 Å². The zero-order valence-electron chi connectivity index (χ0n) is 12.9. The van der Waals surface area contributed by atoms with Crippen molar-refractivity contribution in [3.8, 4) is 0 Å². The van der Waals surface area contributed by atoms with Gasteiger partial charge in [0.25, 0.3) is 5.09 Å². The van der Waals surface area contributed by atoms with Crippen LogP contribution in [0.2, 0.25) is 0 Å². The van der Waals surface area contributed by atoms with Crippen LogP contribution in [0.1, 0.15) is 71.1 Å². The van der Waals surface area contributed by atoms with Gasteiger partial charge in [0.2, 0.25) is 0 Å². The molecule has 0 amide bonds. The first kappa shape index (κ1) is 20.5. The van der Waals surface area contributed by atoms with Gasteiger partial charge < -0.3 is 10.1 Å². The molecule has 0 saturated carbocycles. The minimum absolute atomic E-state index is 1.26. The van der Waals surface area contributed by atoms with Crippen LogP contribution in [-0.2, 0) is 0 Å². The minimum Gasteiger partial charge on any atom is -0.328 e. The third-order valence-corrected chi connectivity index (χ3v) is 2.96. The molecule has 0 unspecified atom stereocenters. The van der Waals surface area contributed by atoms with Crippen molar-refractivity contribution in [1.29, 1.82) is 0 Å². The van der Waals surface area contributed by atoms with E-state index in [-0.39, 0.29) is 0 Å². The fourth-order valence-electron chi connectivity index (χ4n) is 1.92. The molecule has 0 saturated heterocycles.